The molecule has 2 aromatic carbocycles. The van der Waals surface area contributed by atoms with Crippen molar-refractivity contribution in [1.29, 1.82) is 0 Å². The highest BCUT2D eigenvalue weighted by Crippen LogP contribution is 2.38. The third-order valence-corrected chi connectivity index (χ3v) is 4.11. The van der Waals surface area contributed by atoms with E-state index in [-0.39, 0.29) is 0 Å². The van der Waals surface area contributed by atoms with Gasteiger partial charge < -0.3 is 10.0 Å². The summed E-state index contributed by atoms with van der Waals surface area (Å²) in [7, 11) is 0. The third kappa shape index (κ3) is 2.28. The van der Waals surface area contributed by atoms with Crippen LogP contribution in [0.4, 0.5) is 11.4 Å². The van der Waals surface area contributed by atoms with Crippen LogP contribution in [0.5, 0.6) is 0 Å². The highest BCUT2D eigenvalue weighted by molar-refractivity contribution is 9.10. The molecule has 1 N–H and O–H groups in total. The molecule has 19 heavy (non-hydrogen) atoms. The first-order chi connectivity index (χ1) is 9.16. The van der Waals surface area contributed by atoms with Gasteiger partial charge in [0.25, 0.3) is 0 Å². The molecule has 3 rings (SSSR count). The first-order valence-electron chi connectivity index (χ1n) is 6.50. The number of para-hydroxylation sites is 1. The van der Waals surface area contributed by atoms with Crippen molar-refractivity contribution >= 4 is 27.3 Å². The summed E-state index contributed by atoms with van der Waals surface area (Å²) < 4.78 is 1.000. The normalized spacial score (nSPS) is 15.4. The Kier molecular flexibility index (Phi) is 3.33. The molecule has 1 atom stereocenters. The third-order valence-electron chi connectivity index (χ3n) is 3.62. The zero-order valence-corrected chi connectivity index (χ0v) is 12.4. The molecule has 1 aliphatic heterocycles. The Morgan fingerprint density at radius 1 is 1.16 bits per heavy atom. The first-order valence-corrected chi connectivity index (χ1v) is 7.29. The monoisotopic (exact) mass is 317 g/mol. The SMILES string of the molecule is CC(O)c1cc(Br)ccc1N1CCc2ccccc21. The number of aliphatic hydroxyl groups is 1. The minimum Gasteiger partial charge on any atom is -0.389 e. The average molecular weight is 318 g/mol. The summed E-state index contributed by atoms with van der Waals surface area (Å²) in [6.45, 7) is 2.79. The van der Waals surface area contributed by atoms with Gasteiger partial charge in [-0.05, 0) is 43.2 Å². The van der Waals surface area contributed by atoms with Gasteiger partial charge in [0.05, 0.1) is 6.10 Å². The van der Waals surface area contributed by atoms with E-state index in [4.69, 9.17) is 0 Å². The Balaban J connectivity index is 2.09. The number of halogens is 1. The van der Waals surface area contributed by atoms with Gasteiger partial charge in [0.2, 0.25) is 0 Å². The topological polar surface area (TPSA) is 23.5 Å². The molecule has 1 aliphatic rings. The van der Waals surface area contributed by atoms with E-state index < -0.39 is 6.10 Å². The van der Waals surface area contributed by atoms with E-state index >= 15 is 0 Å². The molecule has 0 radical (unpaired) electrons. The lowest BCUT2D eigenvalue weighted by molar-refractivity contribution is 0.199. The van der Waals surface area contributed by atoms with Crippen LogP contribution in [0.15, 0.2) is 46.9 Å². The van der Waals surface area contributed by atoms with Crippen LogP contribution >= 0.6 is 15.9 Å². The Morgan fingerprint density at radius 2 is 1.95 bits per heavy atom. The lowest BCUT2D eigenvalue weighted by atomic mass is 10.1. The molecule has 3 heteroatoms. The quantitative estimate of drug-likeness (QED) is 0.897. The van der Waals surface area contributed by atoms with Gasteiger partial charge in [0.15, 0.2) is 0 Å². The number of nitrogens with zero attached hydrogens (tertiary/aromatic N) is 1. The zero-order chi connectivity index (χ0) is 13.4. The van der Waals surface area contributed by atoms with E-state index in [1.165, 1.54) is 11.3 Å². The van der Waals surface area contributed by atoms with Crippen molar-refractivity contribution in [3.8, 4) is 0 Å². The van der Waals surface area contributed by atoms with Gasteiger partial charge in [0.1, 0.15) is 0 Å². The van der Waals surface area contributed by atoms with Gasteiger partial charge in [-0.15, -0.1) is 0 Å². The van der Waals surface area contributed by atoms with Crippen LogP contribution in [0.2, 0.25) is 0 Å². The lowest BCUT2D eigenvalue weighted by Gasteiger charge is -2.24. The molecule has 98 valence electrons. The summed E-state index contributed by atoms with van der Waals surface area (Å²) in [5.74, 6) is 0. The second kappa shape index (κ2) is 4.99. The lowest BCUT2D eigenvalue weighted by Crippen LogP contribution is -2.16. The average Bonchev–Trinajstić information content (AvgIpc) is 2.82. The van der Waals surface area contributed by atoms with Crippen molar-refractivity contribution in [2.75, 3.05) is 11.4 Å². The largest absolute Gasteiger partial charge is 0.389 e. The van der Waals surface area contributed by atoms with Crippen LogP contribution < -0.4 is 4.90 Å². The van der Waals surface area contributed by atoms with Crippen LogP contribution in [-0.2, 0) is 6.42 Å². The van der Waals surface area contributed by atoms with Gasteiger partial charge in [-0.1, -0.05) is 34.1 Å². The van der Waals surface area contributed by atoms with Gasteiger partial charge in [0, 0.05) is 28.0 Å². The molecular weight excluding hydrogens is 302 g/mol. The summed E-state index contributed by atoms with van der Waals surface area (Å²) in [6.07, 6.45) is 0.589. The van der Waals surface area contributed by atoms with Gasteiger partial charge in [-0.25, -0.2) is 0 Å². The van der Waals surface area contributed by atoms with Crippen LogP contribution in [0.3, 0.4) is 0 Å². The Bertz CT molecular complexity index is 609. The molecule has 0 fully saturated rings. The minimum absolute atomic E-state index is 0.472. The Morgan fingerprint density at radius 3 is 2.74 bits per heavy atom. The molecule has 0 aromatic heterocycles. The summed E-state index contributed by atoms with van der Waals surface area (Å²) in [6, 6.07) is 14.6. The van der Waals surface area contributed by atoms with Crippen molar-refractivity contribution in [2.45, 2.75) is 19.4 Å². The molecule has 2 aromatic rings. The molecule has 1 heterocycles. The van der Waals surface area contributed by atoms with E-state index in [0.29, 0.717) is 0 Å². The highest BCUT2D eigenvalue weighted by Gasteiger charge is 2.23. The second-order valence-corrected chi connectivity index (χ2v) is 5.83. The highest BCUT2D eigenvalue weighted by atomic mass is 79.9. The van der Waals surface area contributed by atoms with Crippen molar-refractivity contribution in [1.82, 2.24) is 0 Å². The summed E-state index contributed by atoms with van der Waals surface area (Å²) >= 11 is 3.48. The summed E-state index contributed by atoms with van der Waals surface area (Å²) in [4.78, 5) is 2.30. The number of anilines is 2. The molecule has 1 unspecified atom stereocenters. The minimum atomic E-state index is -0.472. The molecule has 0 saturated carbocycles. The maximum atomic E-state index is 9.99. The van der Waals surface area contributed by atoms with Crippen molar-refractivity contribution in [3.05, 3.63) is 58.1 Å². The van der Waals surface area contributed by atoms with Crippen LogP contribution in [0.1, 0.15) is 24.2 Å². The fourth-order valence-electron chi connectivity index (χ4n) is 2.69. The second-order valence-electron chi connectivity index (χ2n) is 4.91. The summed E-state index contributed by atoms with van der Waals surface area (Å²) in [5.41, 5.74) is 4.70. The number of fused-ring (bicyclic) bond motifs is 1. The Hall–Kier alpha value is -1.32. The van der Waals surface area contributed by atoms with Crippen molar-refractivity contribution in [3.63, 3.8) is 0 Å². The maximum absolute atomic E-state index is 9.99. The van der Waals surface area contributed by atoms with Crippen LogP contribution in [0, 0.1) is 0 Å². The number of hydrogen-bond acceptors (Lipinski definition) is 2. The molecule has 0 bridgehead atoms. The van der Waals surface area contributed by atoms with Crippen molar-refractivity contribution in [2.24, 2.45) is 0 Å². The van der Waals surface area contributed by atoms with Gasteiger partial charge >= 0.3 is 0 Å². The molecule has 0 aliphatic carbocycles. The number of aliphatic hydroxyl groups excluding tert-OH is 1. The van der Waals surface area contributed by atoms with Gasteiger partial charge in [-0.3, -0.25) is 0 Å². The van der Waals surface area contributed by atoms with E-state index in [0.717, 1.165) is 28.7 Å². The fourth-order valence-corrected chi connectivity index (χ4v) is 3.07. The number of benzene rings is 2. The summed E-state index contributed by atoms with van der Waals surface area (Å²) in [5, 5.41) is 9.99. The maximum Gasteiger partial charge on any atom is 0.0782 e. The number of hydrogen-bond donors (Lipinski definition) is 1. The van der Waals surface area contributed by atoms with E-state index in [2.05, 4.69) is 51.2 Å². The smallest absolute Gasteiger partial charge is 0.0782 e. The first kappa shape index (κ1) is 12.7. The van der Waals surface area contributed by atoms with Gasteiger partial charge in [-0.2, -0.15) is 0 Å². The zero-order valence-electron chi connectivity index (χ0n) is 10.8. The van der Waals surface area contributed by atoms with E-state index in [1.807, 2.05) is 19.1 Å². The Labute approximate surface area is 121 Å². The standard InChI is InChI=1S/C16H16BrNO/c1-11(19)14-10-13(17)6-7-16(14)18-9-8-12-4-2-3-5-15(12)18/h2-7,10-11,19H,8-9H2,1H3. The van der Waals surface area contributed by atoms with Crippen molar-refractivity contribution < 1.29 is 5.11 Å². The predicted molar refractivity (Wildman–Crippen MR) is 81.9 cm³/mol. The van der Waals surface area contributed by atoms with E-state index in [1.54, 1.807) is 0 Å². The molecule has 0 saturated heterocycles. The fraction of sp³-hybridized carbons (Fsp3) is 0.250. The predicted octanol–water partition coefficient (Wildman–Crippen LogP) is 4.20. The molecule has 0 spiro atoms. The molecular formula is C16H16BrNO. The van der Waals surface area contributed by atoms with E-state index in [9.17, 15) is 5.11 Å². The van der Waals surface area contributed by atoms with Crippen LogP contribution in [0.25, 0.3) is 0 Å². The number of rotatable bonds is 2. The van der Waals surface area contributed by atoms with Crippen LogP contribution in [-0.4, -0.2) is 11.7 Å². The molecule has 2 nitrogen and oxygen atoms in total. The molecule has 0 amide bonds.